The smallest absolute Gasteiger partial charge is 0.0366 e. The second-order valence-electron chi connectivity index (χ2n) is 3.87. The Morgan fingerprint density at radius 3 is 2.07 bits per heavy atom. The molecule has 0 N–H and O–H groups in total. The largest absolute Gasteiger partial charge is 0.371 e. The van der Waals surface area contributed by atoms with Crippen molar-refractivity contribution in [2.45, 2.75) is 19.8 Å². The van der Waals surface area contributed by atoms with Crippen LogP contribution in [0.25, 0.3) is 0 Å². The highest BCUT2D eigenvalue weighted by molar-refractivity contribution is 5.47. The van der Waals surface area contributed by atoms with Gasteiger partial charge in [0, 0.05) is 18.8 Å². The summed E-state index contributed by atoms with van der Waals surface area (Å²) in [6, 6.07) is 8.82. The summed E-state index contributed by atoms with van der Waals surface area (Å²) in [5.41, 5.74) is 2.70. The Bertz CT molecular complexity index is 301. The molecule has 1 aromatic rings. The van der Waals surface area contributed by atoms with E-state index in [9.17, 15) is 0 Å². The number of anilines is 1. The summed E-state index contributed by atoms with van der Waals surface area (Å²) in [6.45, 7) is 4.44. The maximum Gasteiger partial charge on any atom is 0.0366 e. The van der Waals surface area contributed by atoms with Crippen molar-refractivity contribution in [3.05, 3.63) is 42.0 Å². The van der Waals surface area contributed by atoms with Crippen molar-refractivity contribution in [1.82, 2.24) is 0 Å². The van der Waals surface area contributed by atoms with E-state index in [4.69, 9.17) is 0 Å². The molecule has 0 spiro atoms. The Balaban J connectivity index is 2.10. The lowest BCUT2D eigenvalue weighted by Crippen LogP contribution is -2.23. The van der Waals surface area contributed by atoms with Gasteiger partial charge in [0.1, 0.15) is 0 Å². The SMILES string of the molecule is Cc1ccc(N2CCC=CCC2)cc1. The van der Waals surface area contributed by atoms with E-state index in [1.807, 2.05) is 0 Å². The van der Waals surface area contributed by atoms with Crippen LogP contribution in [-0.4, -0.2) is 13.1 Å². The van der Waals surface area contributed by atoms with Gasteiger partial charge in [-0.1, -0.05) is 29.8 Å². The van der Waals surface area contributed by atoms with E-state index in [1.165, 1.54) is 24.1 Å². The molecule has 0 atom stereocenters. The molecule has 0 aliphatic carbocycles. The van der Waals surface area contributed by atoms with Gasteiger partial charge in [0.05, 0.1) is 0 Å². The molecule has 0 saturated heterocycles. The first kappa shape index (κ1) is 9.32. The highest BCUT2D eigenvalue weighted by Crippen LogP contribution is 2.17. The first-order chi connectivity index (χ1) is 6.86. The second kappa shape index (κ2) is 4.32. The molecule has 0 radical (unpaired) electrons. The fourth-order valence-electron chi connectivity index (χ4n) is 1.82. The van der Waals surface area contributed by atoms with E-state index in [-0.39, 0.29) is 0 Å². The van der Waals surface area contributed by atoms with E-state index in [0.717, 1.165) is 13.1 Å². The van der Waals surface area contributed by atoms with Crippen molar-refractivity contribution >= 4 is 5.69 Å². The van der Waals surface area contributed by atoms with E-state index >= 15 is 0 Å². The van der Waals surface area contributed by atoms with E-state index in [1.54, 1.807) is 0 Å². The monoisotopic (exact) mass is 187 g/mol. The summed E-state index contributed by atoms with van der Waals surface area (Å²) in [5.74, 6) is 0. The average molecular weight is 187 g/mol. The highest BCUT2D eigenvalue weighted by Gasteiger charge is 2.05. The first-order valence-corrected chi connectivity index (χ1v) is 5.33. The van der Waals surface area contributed by atoms with Gasteiger partial charge in [0.2, 0.25) is 0 Å². The van der Waals surface area contributed by atoms with Gasteiger partial charge in [-0.2, -0.15) is 0 Å². The van der Waals surface area contributed by atoms with Gasteiger partial charge in [0.15, 0.2) is 0 Å². The number of rotatable bonds is 1. The third kappa shape index (κ3) is 2.16. The van der Waals surface area contributed by atoms with Gasteiger partial charge in [0.25, 0.3) is 0 Å². The fourth-order valence-corrected chi connectivity index (χ4v) is 1.82. The molecule has 0 aromatic heterocycles. The van der Waals surface area contributed by atoms with Crippen LogP contribution >= 0.6 is 0 Å². The summed E-state index contributed by atoms with van der Waals surface area (Å²) >= 11 is 0. The van der Waals surface area contributed by atoms with Crippen molar-refractivity contribution in [2.24, 2.45) is 0 Å². The Morgan fingerprint density at radius 1 is 0.929 bits per heavy atom. The van der Waals surface area contributed by atoms with Gasteiger partial charge < -0.3 is 4.90 Å². The van der Waals surface area contributed by atoms with Crippen LogP contribution in [-0.2, 0) is 0 Å². The van der Waals surface area contributed by atoms with Crippen LogP contribution in [0.1, 0.15) is 18.4 Å². The van der Waals surface area contributed by atoms with Gasteiger partial charge in [-0.05, 0) is 31.9 Å². The molecule has 0 unspecified atom stereocenters. The zero-order valence-electron chi connectivity index (χ0n) is 8.74. The molecule has 0 fully saturated rings. The average Bonchev–Trinajstić information content (AvgIpc) is 2.47. The summed E-state index contributed by atoms with van der Waals surface area (Å²) in [6.07, 6.45) is 6.92. The Hall–Kier alpha value is -1.24. The molecule has 1 heterocycles. The lowest BCUT2D eigenvalue weighted by atomic mass is 10.2. The number of aryl methyl sites for hydroxylation is 1. The second-order valence-corrected chi connectivity index (χ2v) is 3.87. The van der Waals surface area contributed by atoms with Crippen molar-refractivity contribution in [3.63, 3.8) is 0 Å². The molecular weight excluding hydrogens is 170 g/mol. The van der Waals surface area contributed by atoms with Crippen LogP contribution in [0, 0.1) is 6.92 Å². The van der Waals surface area contributed by atoms with Crippen molar-refractivity contribution in [3.8, 4) is 0 Å². The minimum atomic E-state index is 1.15. The topological polar surface area (TPSA) is 3.24 Å². The number of nitrogens with zero attached hydrogens (tertiary/aromatic N) is 1. The van der Waals surface area contributed by atoms with Crippen LogP contribution in [0.5, 0.6) is 0 Å². The van der Waals surface area contributed by atoms with Crippen molar-refractivity contribution < 1.29 is 0 Å². The molecule has 1 aliphatic heterocycles. The van der Waals surface area contributed by atoms with E-state index < -0.39 is 0 Å². The maximum atomic E-state index is 2.46. The van der Waals surface area contributed by atoms with E-state index in [2.05, 4.69) is 48.2 Å². The normalized spacial score (nSPS) is 16.8. The standard InChI is InChI=1S/C13H17N/c1-12-6-8-13(9-7-12)14-10-4-2-3-5-11-14/h2-3,6-9H,4-5,10-11H2,1H3. The van der Waals surface area contributed by atoms with Crippen molar-refractivity contribution in [2.75, 3.05) is 18.0 Å². The van der Waals surface area contributed by atoms with Crippen LogP contribution in [0.3, 0.4) is 0 Å². The van der Waals surface area contributed by atoms with Crippen molar-refractivity contribution in [1.29, 1.82) is 0 Å². The first-order valence-electron chi connectivity index (χ1n) is 5.33. The molecule has 2 rings (SSSR count). The Kier molecular flexibility index (Phi) is 2.87. The predicted molar refractivity (Wildman–Crippen MR) is 61.8 cm³/mol. The van der Waals surface area contributed by atoms with Crippen LogP contribution in [0.2, 0.25) is 0 Å². The zero-order valence-corrected chi connectivity index (χ0v) is 8.74. The molecule has 1 nitrogen and oxygen atoms in total. The Morgan fingerprint density at radius 2 is 1.50 bits per heavy atom. The van der Waals surface area contributed by atoms with Gasteiger partial charge in [-0.15, -0.1) is 0 Å². The fraction of sp³-hybridized carbons (Fsp3) is 0.385. The molecule has 1 aliphatic rings. The summed E-state index contributed by atoms with van der Waals surface area (Å²) in [5, 5.41) is 0. The quantitative estimate of drug-likeness (QED) is 0.610. The van der Waals surface area contributed by atoms with Gasteiger partial charge >= 0.3 is 0 Å². The predicted octanol–water partition coefficient (Wildman–Crippen LogP) is 3.15. The molecule has 0 saturated carbocycles. The minimum Gasteiger partial charge on any atom is -0.371 e. The molecule has 1 aromatic carbocycles. The number of benzene rings is 1. The molecule has 0 bridgehead atoms. The molecule has 74 valence electrons. The maximum absolute atomic E-state index is 2.46. The number of hydrogen-bond donors (Lipinski definition) is 0. The minimum absolute atomic E-state index is 1.15. The van der Waals surface area contributed by atoms with Crippen LogP contribution in [0.15, 0.2) is 36.4 Å². The van der Waals surface area contributed by atoms with Gasteiger partial charge in [-0.3, -0.25) is 0 Å². The molecular formula is C13H17N. The molecule has 1 heteroatoms. The molecule has 14 heavy (non-hydrogen) atoms. The van der Waals surface area contributed by atoms with Crippen LogP contribution < -0.4 is 4.90 Å². The molecule has 0 amide bonds. The van der Waals surface area contributed by atoms with Crippen LogP contribution in [0.4, 0.5) is 5.69 Å². The third-order valence-corrected chi connectivity index (χ3v) is 2.70. The summed E-state index contributed by atoms with van der Waals surface area (Å²) in [7, 11) is 0. The van der Waals surface area contributed by atoms with Gasteiger partial charge in [-0.25, -0.2) is 0 Å². The van der Waals surface area contributed by atoms with E-state index in [0.29, 0.717) is 0 Å². The summed E-state index contributed by atoms with van der Waals surface area (Å²) in [4.78, 5) is 2.46. The Labute approximate surface area is 86.1 Å². The summed E-state index contributed by atoms with van der Waals surface area (Å²) < 4.78 is 0. The number of hydrogen-bond acceptors (Lipinski definition) is 1. The highest BCUT2D eigenvalue weighted by atomic mass is 15.1. The lowest BCUT2D eigenvalue weighted by Gasteiger charge is -2.22. The third-order valence-electron chi connectivity index (χ3n) is 2.70. The zero-order chi connectivity index (χ0) is 9.80. The lowest BCUT2D eigenvalue weighted by molar-refractivity contribution is 0.812.